The summed E-state index contributed by atoms with van der Waals surface area (Å²) in [6, 6.07) is 9.34. The van der Waals surface area contributed by atoms with Crippen molar-refractivity contribution in [2.45, 2.75) is 32.6 Å². The van der Waals surface area contributed by atoms with E-state index in [4.69, 9.17) is 4.42 Å². The van der Waals surface area contributed by atoms with Crippen molar-refractivity contribution in [3.63, 3.8) is 0 Å². The minimum atomic E-state index is -0.435. The molecule has 1 aromatic carbocycles. The number of carbonyl (C=O) groups excluding carboxylic acids is 1. The third-order valence-corrected chi connectivity index (χ3v) is 4.97. The molecule has 0 atom stereocenters. The molecule has 0 unspecified atom stereocenters. The quantitative estimate of drug-likeness (QED) is 0.665. The molecule has 0 fully saturated rings. The number of hydrogen-bond donors (Lipinski definition) is 1. The summed E-state index contributed by atoms with van der Waals surface area (Å²) in [6.07, 6.45) is 1.95. The van der Waals surface area contributed by atoms with Gasteiger partial charge in [-0.1, -0.05) is 37.3 Å². The van der Waals surface area contributed by atoms with E-state index >= 15 is 0 Å². The highest BCUT2D eigenvalue weighted by Crippen LogP contribution is 2.29. The minimum absolute atomic E-state index is 0.0949. The van der Waals surface area contributed by atoms with E-state index < -0.39 is 11.7 Å². The number of amides is 1. The van der Waals surface area contributed by atoms with Crippen molar-refractivity contribution in [2.24, 2.45) is 0 Å². The second-order valence-corrected chi connectivity index (χ2v) is 6.57. The van der Waals surface area contributed by atoms with Gasteiger partial charge in [-0.05, 0) is 37.1 Å². The maximum atomic E-state index is 13.8. The SMILES string of the molecule is CCC(CC)c1nnc(NC(=O)c2ccc(-c3ccccc3F)o2)s1. The predicted molar refractivity (Wildman–Crippen MR) is 95.3 cm³/mol. The molecule has 2 aromatic heterocycles. The number of carbonyl (C=O) groups is 1. The van der Waals surface area contributed by atoms with Gasteiger partial charge in [0.15, 0.2) is 5.76 Å². The molecule has 0 aliphatic heterocycles. The summed E-state index contributed by atoms with van der Waals surface area (Å²) >= 11 is 1.36. The van der Waals surface area contributed by atoms with Crippen molar-refractivity contribution in [1.29, 1.82) is 0 Å². The predicted octanol–water partition coefficient (Wildman–Crippen LogP) is 5.09. The van der Waals surface area contributed by atoms with Gasteiger partial charge in [-0.15, -0.1) is 10.2 Å². The second kappa shape index (κ2) is 7.57. The number of halogens is 1. The molecule has 25 heavy (non-hydrogen) atoms. The van der Waals surface area contributed by atoms with Crippen molar-refractivity contribution in [3.8, 4) is 11.3 Å². The first-order valence-electron chi connectivity index (χ1n) is 8.11. The van der Waals surface area contributed by atoms with Gasteiger partial charge in [-0.2, -0.15) is 0 Å². The van der Waals surface area contributed by atoms with Crippen LogP contribution in [0, 0.1) is 5.82 Å². The molecule has 0 aliphatic carbocycles. The highest BCUT2D eigenvalue weighted by molar-refractivity contribution is 7.15. The fourth-order valence-corrected chi connectivity index (χ4v) is 3.52. The Hall–Kier alpha value is -2.54. The Balaban J connectivity index is 1.73. The first-order chi connectivity index (χ1) is 12.1. The van der Waals surface area contributed by atoms with E-state index in [9.17, 15) is 9.18 Å². The van der Waals surface area contributed by atoms with Crippen LogP contribution in [0.2, 0.25) is 0 Å². The fourth-order valence-electron chi connectivity index (χ4n) is 2.51. The minimum Gasteiger partial charge on any atom is -0.451 e. The van der Waals surface area contributed by atoms with Crippen LogP contribution in [0.5, 0.6) is 0 Å². The van der Waals surface area contributed by atoms with Gasteiger partial charge < -0.3 is 4.42 Å². The van der Waals surface area contributed by atoms with Crippen LogP contribution in [0.3, 0.4) is 0 Å². The Bertz CT molecular complexity index is 871. The van der Waals surface area contributed by atoms with E-state index in [0.717, 1.165) is 17.8 Å². The second-order valence-electron chi connectivity index (χ2n) is 5.56. The molecule has 0 saturated carbocycles. The molecule has 0 spiro atoms. The number of hydrogen-bond acceptors (Lipinski definition) is 5. The van der Waals surface area contributed by atoms with Crippen molar-refractivity contribution >= 4 is 22.4 Å². The molecule has 0 saturated heterocycles. The van der Waals surface area contributed by atoms with Crippen LogP contribution in [0.4, 0.5) is 9.52 Å². The monoisotopic (exact) mass is 359 g/mol. The highest BCUT2D eigenvalue weighted by atomic mass is 32.1. The van der Waals surface area contributed by atoms with Crippen molar-refractivity contribution < 1.29 is 13.6 Å². The van der Waals surface area contributed by atoms with Gasteiger partial charge >= 0.3 is 0 Å². The number of anilines is 1. The number of furan rings is 1. The molecule has 1 N–H and O–H groups in total. The molecular weight excluding hydrogens is 341 g/mol. The third-order valence-electron chi connectivity index (χ3n) is 3.97. The number of nitrogens with one attached hydrogen (secondary N) is 1. The van der Waals surface area contributed by atoms with Crippen LogP contribution in [-0.2, 0) is 0 Å². The van der Waals surface area contributed by atoms with Gasteiger partial charge in [0.25, 0.3) is 5.91 Å². The van der Waals surface area contributed by atoms with Crippen LogP contribution >= 0.6 is 11.3 Å². The zero-order chi connectivity index (χ0) is 17.8. The summed E-state index contributed by atoms with van der Waals surface area (Å²) in [4.78, 5) is 12.3. The molecular formula is C18H18FN3O2S. The van der Waals surface area contributed by atoms with Crippen molar-refractivity contribution in [1.82, 2.24) is 10.2 Å². The lowest BCUT2D eigenvalue weighted by Crippen LogP contribution is -2.10. The van der Waals surface area contributed by atoms with Gasteiger partial charge in [0.1, 0.15) is 16.6 Å². The van der Waals surface area contributed by atoms with E-state index in [0.29, 0.717) is 22.4 Å². The molecule has 0 bridgehead atoms. The summed E-state index contributed by atoms with van der Waals surface area (Å²) in [7, 11) is 0. The lowest BCUT2D eigenvalue weighted by Gasteiger charge is -2.05. The highest BCUT2D eigenvalue weighted by Gasteiger charge is 2.18. The average Bonchev–Trinajstić information content (AvgIpc) is 3.26. The molecule has 1 amide bonds. The molecule has 3 rings (SSSR count). The van der Waals surface area contributed by atoms with E-state index in [1.165, 1.54) is 23.5 Å². The maximum absolute atomic E-state index is 13.8. The number of aromatic nitrogens is 2. The van der Waals surface area contributed by atoms with E-state index in [-0.39, 0.29) is 5.76 Å². The molecule has 5 nitrogen and oxygen atoms in total. The summed E-state index contributed by atoms with van der Waals surface area (Å²) in [5.74, 6) is -0.0900. The van der Waals surface area contributed by atoms with E-state index in [2.05, 4.69) is 29.4 Å². The topological polar surface area (TPSA) is 68.0 Å². The normalized spacial score (nSPS) is 11.0. The number of benzene rings is 1. The first-order valence-corrected chi connectivity index (χ1v) is 8.93. The average molecular weight is 359 g/mol. The van der Waals surface area contributed by atoms with Crippen molar-refractivity contribution in [3.05, 3.63) is 53.0 Å². The lowest BCUT2D eigenvalue weighted by molar-refractivity contribution is 0.0997. The number of nitrogens with zero attached hydrogens (tertiary/aromatic N) is 2. The summed E-state index contributed by atoms with van der Waals surface area (Å²) in [5, 5.41) is 12.2. The third kappa shape index (κ3) is 3.76. The van der Waals surface area contributed by atoms with E-state index in [1.807, 2.05) is 0 Å². The van der Waals surface area contributed by atoms with Crippen molar-refractivity contribution in [2.75, 3.05) is 5.32 Å². The van der Waals surface area contributed by atoms with Gasteiger partial charge in [0, 0.05) is 5.92 Å². The fraction of sp³-hybridized carbons (Fsp3) is 0.278. The van der Waals surface area contributed by atoms with E-state index in [1.54, 1.807) is 24.3 Å². The standard InChI is InChI=1S/C18H18FN3O2S/c1-3-11(4-2)17-21-22-18(25-17)20-16(23)15-10-9-14(24-15)12-7-5-6-8-13(12)19/h5-11H,3-4H2,1-2H3,(H,20,22,23). The smallest absolute Gasteiger partial charge is 0.293 e. The lowest BCUT2D eigenvalue weighted by atomic mass is 10.1. The summed E-state index contributed by atoms with van der Waals surface area (Å²) in [5.41, 5.74) is 0.313. The zero-order valence-electron chi connectivity index (χ0n) is 14.0. The van der Waals surface area contributed by atoms with Gasteiger partial charge in [0.05, 0.1) is 5.56 Å². The Morgan fingerprint density at radius 3 is 2.68 bits per heavy atom. The van der Waals surface area contributed by atoms with Crippen LogP contribution in [-0.4, -0.2) is 16.1 Å². The molecule has 7 heteroatoms. The molecule has 0 radical (unpaired) electrons. The molecule has 3 aromatic rings. The maximum Gasteiger partial charge on any atom is 0.293 e. The Morgan fingerprint density at radius 2 is 1.96 bits per heavy atom. The zero-order valence-corrected chi connectivity index (χ0v) is 14.8. The summed E-state index contributed by atoms with van der Waals surface area (Å²) in [6.45, 7) is 4.20. The molecule has 130 valence electrons. The van der Waals surface area contributed by atoms with Crippen LogP contribution < -0.4 is 5.32 Å². The largest absolute Gasteiger partial charge is 0.451 e. The number of rotatable bonds is 6. The summed E-state index contributed by atoms with van der Waals surface area (Å²) < 4.78 is 19.3. The molecule has 2 heterocycles. The van der Waals surface area contributed by atoms with Gasteiger partial charge in [-0.3, -0.25) is 10.1 Å². The van der Waals surface area contributed by atoms with Gasteiger partial charge in [-0.25, -0.2) is 4.39 Å². The van der Waals surface area contributed by atoms with Gasteiger partial charge in [0.2, 0.25) is 5.13 Å². The Kier molecular flexibility index (Phi) is 5.23. The van der Waals surface area contributed by atoms with Crippen LogP contribution in [0.15, 0.2) is 40.8 Å². The first kappa shape index (κ1) is 17.3. The Morgan fingerprint density at radius 1 is 1.20 bits per heavy atom. The Labute approximate surface area is 148 Å². The van der Waals surface area contributed by atoms with Crippen LogP contribution in [0.25, 0.3) is 11.3 Å². The van der Waals surface area contributed by atoms with Crippen LogP contribution in [0.1, 0.15) is 48.2 Å². The molecule has 0 aliphatic rings.